The fourth-order valence-electron chi connectivity index (χ4n) is 0.763. The van der Waals surface area contributed by atoms with Crippen LogP contribution < -0.4 is 0 Å². The van der Waals surface area contributed by atoms with Crippen LogP contribution in [0.2, 0.25) is 0 Å². The first-order valence-electron chi connectivity index (χ1n) is 3.08. The second kappa shape index (κ2) is 3.42. The lowest BCUT2D eigenvalue weighted by molar-refractivity contribution is 0.321. The molecular weight excluding hydrogens is 190 g/mol. The monoisotopic (exact) mass is 193 g/mol. The molecule has 0 fully saturated rings. The van der Waals surface area contributed by atoms with E-state index in [0.29, 0.717) is 0 Å². The maximum atomic E-state index is 12.6. The van der Waals surface area contributed by atoms with Crippen molar-refractivity contribution in [2.24, 2.45) is 5.16 Å². The predicted octanol–water partition coefficient (Wildman–Crippen LogP) is 2.05. The normalized spacial score (nSPS) is 11.1. The Balaban J connectivity index is 3.46. The van der Waals surface area contributed by atoms with Gasteiger partial charge in [-0.25, -0.2) is 17.6 Å². The molecule has 2 nitrogen and oxygen atoms in total. The third kappa shape index (κ3) is 1.61. The van der Waals surface area contributed by atoms with Crippen LogP contribution >= 0.6 is 0 Å². The molecule has 0 amide bonds. The molecule has 1 aromatic carbocycles. The number of benzene rings is 1. The summed E-state index contributed by atoms with van der Waals surface area (Å²) in [5.74, 6) is -6.30. The van der Waals surface area contributed by atoms with Gasteiger partial charge in [-0.15, -0.1) is 0 Å². The molecule has 0 saturated heterocycles. The molecule has 70 valence electrons. The van der Waals surface area contributed by atoms with Gasteiger partial charge < -0.3 is 5.21 Å². The topological polar surface area (TPSA) is 32.6 Å². The highest BCUT2D eigenvalue weighted by Crippen LogP contribution is 2.17. The Morgan fingerprint density at radius 1 is 1.08 bits per heavy atom. The van der Waals surface area contributed by atoms with Crippen LogP contribution in [0.25, 0.3) is 0 Å². The maximum absolute atomic E-state index is 12.6. The number of oxime groups is 1. The van der Waals surface area contributed by atoms with E-state index >= 15 is 0 Å². The first-order valence-corrected chi connectivity index (χ1v) is 3.08. The van der Waals surface area contributed by atoms with E-state index in [1.807, 2.05) is 0 Å². The minimum absolute atomic E-state index is 0.0688. The highest BCUT2D eigenvalue weighted by molar-refractivity contribution is 5.79. The van der Waals surface area contributed by atoms with Crippen LogP contribution in [0.3, 0.4) is 0 Å². The van der Waals surface area contributed by atoms with Gasteiger partial charge in [0.25, 0.3) is 0 Å². The van der Waals surface area contributed by atoms with Crippen molar-refractivity contribution in [2.75, 3.05) is 0 Å². The Labute approximate surface area is 70.1 Å². The largest absolute Gasteiger partial charge is 0.411 e. The highest BCUT2D eigenvalue weighted by Gasteiger charge is 2.17. The molecule has 6 heteroatoms. The lowest BCUT2D eigenvalue weighted by Crippen LogP contribution is -2.01. The van der Waals surface area contributed by atoms with Crippen molar-refractivity contribution in [2.45, 2.75) is 0 Å². The van der Waals surface area contributed by atoms with Crippen LogP contribution in [0.5, 0.6) is 0 Å². The zero-order valence-electron chi connectivity index (χ0n) is 6.06. The second-order valence-corrected chi connectivity index (χ2v) is 2.13. The summed E-state index contributed by atoms with van der Waals surface area (Å²) in [4.78, 5) is 0. The molecule has 0 atom stereocenters. The number of halogens is 4. The second-order valence-electron chi connectivity index (χ2n) is 2.13. The minimum Gasteiger partial charge on any atom is -0.411 e. The summed E-state index contributed by atoms with van der Waals surface area (Å²) in [6, 6.07) is 0.0688. The molecule has 0 bridgehead atoms. The molecule has 0 unspecified atom stereocenters. The molecule has 1 rings (SSSR count). The average molecular weight is 193 g/mol. The summed E-state index contributed by atoms with van der Waals surface area (Å²) >= 11 is 0. The van der Waals surface area contributed by atoms with E-state index < -0.39 is 28.8 Å². The zero-order chi connectivity index (χ0) is 10.0. The van der Waals surface area contributed by atoms with Crippen molar-refractivity contribution >= 4 is 6.21 Å². The fourth-order valence-corrected chi connectivity index (χ4v) is 0.763. The van der Waals surface area contributed by atoms with E-state index in [2.05, 4.69) is 5.16 Å². The third-order valence-corrected chi connectivity index (χ3v) is 1.33. The Bertz CT molecular complexity index is 338. The van der Waals surface area contributed by atoms with E-state index in [9.17, 15) is 17.6 Å². The van der Waals surface area contributed by atoms with Gasteiger partial charge in [-0.1, -0.05) is 5.16 Å². The zero-order valence-corrected chi connectivity index (χ0v) is 6.06. The van der Waals surface area contributed by atoms with Gasteiger partial charge in [0.05, 0.1) is 11.8 Å². The van der Waals surface area contributed by atoms with E-state index in [1.165, 1.54) is 0 Å². The van der Waals surface area contributed by atoms with Gasteiger partial charge in [0.1, 0.15) is 0 Å². The van der Waals surface area contributed by atoms with Gasteiger partial charge in [0.15, 0.2) is 23.3 Å². The summed E-state index contributed by atoms with van der Waals surface area (Å²) in [6.07, 6.45) is 0.275. The number of nitrogens with zero attached hydrogens (tertiary/aromatic N) is 1. The van der Waals surface area contributed by atoms with Crippen molar-refractivity contribution in [3.05, 3.63) is 34.9 Å². The van der Waals surface area contributed by atoms with E-state index in [0.717, 1.165) is 0 Å². The van der Waals surface area contributed by atoms with E-state index in [4.69, 9.17) is 5.21 Å². The van der Waals surface area contributed by atoms with Crippen LogP contribution in [0.4, 0.5) is 17.6 Å². The lowest BCUT2D eigenvalue weighted by atomic mass is 10.2. The number of hydrogen-bond acceptors (Lipinski definition) is 2. The molecule has 1 N–H and O–H groups in total. The molecule has 0 aromatic heterocycles. The van der Waals surface area contributed by atoms with Crippen LogP contribution in [0, 0.1) is 23.3 Å². The van der Waals surface area contributed by atoms with Gasteiger partial charge in [-0.2, -0.15) is 0 Å². The average Bonchev–Trinajstić information content (AvgIpc) is 2.09. The van der Waals surface area contributed by atoms with Crippen molar-refractivity contribution in [3.63, 3.8) is 0 Å². The van der Waals surface area contributed by atoms with Crippen LogP contribution in [-0.4, -0.2) is 11.4 Å². The molecule has 0 aliphatic carbocycles. The first-order chi connectivity index (χ1) is 6.07. The number of hydrogen-bond donors (Lipinski definition) is 1. The molecule has 13 heavy (non-hydrogen) atoms. The van der Waals surface area contributed by atoms with Crippen molar-refractivity contribution in [1.29, 1.82) is 0 Å². The SMILES string of the molecule is ON=Cc1c(F)c(F)cc(F)c1F. The van der Waals surface area contributed by atoms with Gasteiger partial charge in [-0.05, 0) is 0 Å². The van der Waals surface area contributed by atoms with Crippen molar-refractivity contribution in [3.8, 4) is 0 Å². The number of rotatable bonds is 1. The quantitative estimate of drug-likeness (QED) is 0.239. The van der Waals surface area contributed by atoms with Gasteiger partial charge in [0.2, 0.25) is 0 Å². The third-order valence-electron chi connectivity index (χ3n) is 1.33. The van der Waals surface area contributed by atoms with Crippen LogP contribution in [-0.2, 0) is 0 Å². The standard InChI is InChI=1S/C7H3F4NO/c8-4-1-5(9)7(11)3(2-12-13)6(4)10/h1-2,13H. The summed E-state index contributed by atoms with van der Waals surface area (Å²) in [5.41, 5.74) is -1.06. The highest BCUT2D eigenvalue weighted by atomic mass is 19.2. The first kappa shape index (κ1) is 9.50. The Morgan fingerprint density at radius 3 is 1.92 bits per heavy atom. The predicted molar refractivity (Wildman–Crippen MR) is 35.7 cm³/mol. The maximum Gasteiger partial charge on any atom is 0.170 e. The van der Waals surface area contributed by atoms with E-state index in [-0.39, 0.29) is 12.3 Å². The van der Waals surface area contributed by atoms with E-state index in [1.54, 1.807) is 0 Å². The lowest BCUT2D eigenvalue weighted by Gasteiger charge is -2.00. The molecule has 0 saturated carbocycles. The van der Waals surface area contributed by atoms with Crippen molar-refractivity contribution < 1.29 is 22.8 Å². The smallest absolute Gasteiger partial charge is 0.170 e. The van der Waals surface area contributed by atoms with Crippen LogP contribution in [0.15, 0.2) is 11.2 Å². The van der Waals surface area contributed by atoms with Crippen LogP contribution in [0.1, 0.15) is 5.56 Å². The molecule has 0 spiro atoms. The molecule has 0 aliphatic heterocycles. The van der Waals surface area contributed by atoms with Crippen molar-refractivity contribution in [1.82, 2.24) is 0 Å². The summed E-state index contributed by atoms with van der Waals surface area (Å²) in [6.45, 7) is 0. The molecular formula is C7H3F4NO. The molecule has 1 aromatic rings. The Hall–Kier alpha value is -1.59. The fraction of sp³-hybridized carbons (Fsp3) is 0. The molecule has 0 radical (unpaired) electrons. The Morgan fingerprint density at radius 2 is 1.54 bits per heavy atom. The van der Waals surface area contributed by atoms with Gasteiger partial charge in [0, 0.05) is 6.07 Å². The summed E-state index contributed by atoms with van der Waals surface area (Å²) < 4.78 is 50.1. The molecule has 0 aliphatic rings. The minimum atomic E-state index is -1.60. The van der Waals surface area contributed by atoms with Gasteiger partial charge >= 0.3 is 0 Å². The summed E-state index contributed by atoms with van der Waals surface area (Å²) in [7, 11) is 0. The van der Waals surface area contributed by atoms with Gasteiger partial charge in [-0.3, -0.25) is 0 Å². The Kier molecular flexibility index (Phi) is 2.50. The molecule has 0 heterocycles. The summed E-state index contributed by atoms with van der Waals surface area (Å²) in [5, 5.41) is 10.2.